The zero-order chi connectivity index (χ0) is 36.4. The molecule has 0 spiro atoms. The maximum absolute atomic E-state index is 13.4. The first kappa shape index (κ1) is 47.4. The summed E-state index contributed by atoms with van der Waals surface area (Å²) in [4.78, 5) is 43.7. The van der Waals surface area contributed by atoms with Gasteiger partial charge in [-0.25, -0.2) is 0 Å². The third-order valence-corrected chi connectivity index (χ3v) is 10.1. The lowest BCUT2D eigenvalue weighted by Gasteiger charge is -2.27. The molecule has 0 radical (unpaired) electrons. The fraction of sp³-hybridized carbons (Fsp3) is 0.929. The maximum Gasteiger partial charge on any atom is 0.308 e. The van der Waals surface area contributed by atoms with E-state index in [-0.39, 0.29) is 42.9 Å². The number of nitrogens with zero attached hydrogens (tertiary/aromatic N) is 2. The number of carbonyl (C=O) groups excluding carboxylic acids is 3. The number of unbranched alkanes of at least 4 members (excludes halogenated alkanes) is 16. The van der Waals surface area contributed by atoms with Crippen LogP contribution in [0.1, 0.15) is 196 Å². The summed E-state index contributed by atoms with van der Waals surface area (Å²) >= 11 is 0. The van der Waals surface area contributed by atoms with Crippen LogP contribution in [0, 0.1) is 11.8 Å². The first-order valence-electron chi connectivity index (χ1n) is 21.2. The summed E-state index contributed by atoms with van der Waals surface area (Å²) in [6.45, 7) is 15.9. The molecular formula is C42H82N2O5. The summed E-state index contributed by atoms with van der Waals surface area (Å²) < 4.78 is 11.7. The summed E-state index contributed by atoms with van der Waals surface area (Å²) in [6.07, 6.45) is 27.2. The van der Waals surface area contributed by atoms with E-state index in [2.05, 4.69) is 46.4 Å². The van der Waals surface area contributed by atoms with E-state index in [9.17, 15) is 14.4 Å². The van der Waals surface area contributed by atoms with Gasteiger partial charge in [-0.05, 0) is 38.8 Å². The van der Waals surface area contributed by atoms with Gasteiger partial charge in [0.15, 0.2) is 0 Å². The minimum Gasteiger partial charge on any atom is -0.464 e. The number of carbonyl (C=O) groups is 3. The zero-order valence-electron chi connectivity index (χ0n) is 33.5. The van der Waals surface area contributed by atoms with Crippen LogP contribution in [0.2, 0.25) is 0 Å². The minimum absolute atomic E-state index is 0.0119. The van der Waals surface area contributed by atoms with Crippen molar-refractivity contribution in [2.75, 3.05) is 45.9 Å². The van der Waals surface area contributed by atoms with Crippen LogP contribution in [0.3, 0.4) is 0 Å². The number of ether oxygens (including phenoxy) is 2. The van der Waals surface area contributed by atoms with Crippen LogP contribution >= 0.6 is 0 Å². The van der Waals surface area contributed by atoms with Crippen LogP contribution in [-0.2, 0) is 23.9 Å². The molecule has 0 heterocycles. The first-order chi connectivity index (χ1) is 23.9. The standard InChI is InChI=1S/C42H82N2O5/c1-7-13-17-21-23-27-31-38(29-25-19-15-9-3)41(46)48-35-33-44(40(45)37-43(11-5)12-6)34-36-49-42(47)39(30-26-20-16-10-4)32-28-24-22-18-14-8-2/h38-39H,7-37H2,1-6H3. The van der Waals surface area contributed by atoms with Crippen molar-refractivity contribution in [1.29, 1.82) is 0 Å². The molecule has 0 N–H and O–H groups in total. The van der Waals surface area contributed by atoms with Crippen LogP contribution < -0.4 is 0 Å². The van der Waals surface area contributed by atoms with E-state index in [0.717, 1.165) is 77.3 Å². The van der Waals surface area contributed by atoms with Crippen molar-refractivity contribution in [3.8, 4) is 0 Å². The number of hydrogen-bond donors (Lipinski definition) is 0. The Morgan fingerprint density at radius 1 is 0.449 bits per heavy atom. The van der Waals surface area contributed by atoms with Crippen molar-refractivity contribution < 1.29 is 23.9 Å². The van der Waals surface area contributed by atoms with Crippen molar-refractivity contribution in [2.45, 2.75) is 196 Å². The molecule has 2 unspecified atom stereocenters. The van der Waals surface area contributed by atoms with Crippen LogP contribution in [0.15, 0.2) is 0 Å². The largest absolute Gasteiger partial charge is 0.464 e. The van der Waals surface area contributed by atoms with Gasteiger partial charge in [-0.15, -0.1) is 0 Å². The summed E-state index contributed by atoms with van der Waals surface area (Å²) in [6, 6.07) is 0. The minimum atomic E-state index is -0.117. The van der Waals surface area contributed by atoms with Crippen molar-refractivity contribution >= 4 is 17.8 Å². The van der Waals surface area contributed by atoms with Crippen LogP contribution in [0.5, 0.6) is 0 Å². The van der Waals surface area contributed by atoms with Crippen molar-refractivity contribution in [3.63, 3.8) is 0 Å². The average Bonchev–Trinajstić information content (AvgIpc) is 3.10. The molecule has 0 saturated heterocycles. The van der Waals surface area contributed by atoms with Gasteiger partial charge in [-0.2, -0.15) is 0 Å². The van der Waals surface area contributed by atoms with E-state index in [1.165, 1.54) is 89.9 Å². The van der Waals surface area contributed by atoms with Crippen molar-refractivity contribution in [1.82, 2.24) is 9.80 Å². The van der Waals surface area contributed by atoms with Gasteiger partial charge in [-0.3, -0.25) is 19.3 Å². The summed E-state index contributed by atoms with van der Waals surface area (Å²) in [7, 11) is 0. The highest BCUT2D eigenvalue weighted by atomic mass is 16.5. The Morgan fingerprint density at radius 2 is 0.755 bits per heavy atom. The Morgan fingerprint density at radius 3 is 1.08 bits per heavy atom. The number of esters is 2. The van der Waals surface area contributed by atoms with Gasteiger partial charge < -0.3 is 14.4 Å². The number of hydrogen-bond acceptors (Lipinski definition) is 6. The van der Waals surface area contributed by atoms with Gasteiger partial charge in [-0.1, -0.05) is 170 Å². The van der Waals surface area contributed by atoms with Gasteiger partial charge >= 0.3 is 11.9 Å². The Bertz CT molecular complexity index is 722. The maximum atomic E-state index is 13.4. The lowest BCUT2D eigenvalue weighted by atomic mass is 9.94. The second-order valence-electron chi connectivity index (χ2n) is 14.4. The number of likely N-dealkylation sites (N-methyl/N-ethyl adjacent to an activating group) is 1. The Kier molecular flexibility index (Phi) is 33.6. The second-order valence-corrected chi connectivity index (χ2v) is 14.4. The Hall–Kier alpha value is -1.63. The zero-order valence-corrected chi connectivity index (χ0v) is 33.5. The lowest BCUT2D eigenvalue weighted by molar-refractivity contribution is -0.152. The monoisotopic (exact) mass is 695 g/mol. The third kappa shape index (κ3) is 26.8. The summed E-state index contributed by atoms with van der Waals surface area (Å²) in [5.74, 6) is -0.377. The molecule has 0 aliphatic carbocycles. The third-order valence-electron chi connectivity index (χ3n) is 10.1. The van der Waals surface area contributed by atoms with Gasteiger partial charge in [0.1, 0.15) is 13.2 Å². The highest BCUT2D eigenvalue weighted by molar-refractivity contribution is 5.78. The van der Waals surface area contributed by atoms with Crippen LogP contribution in [0.25, 0.3) is 0 Å². The van der Waals surface area contributed by atoms with E-state index in [1.807, 2.05) is 0 Å². The quantitative estimate of drug-likeness (QED) is 0.0480. The molecule has 0 rings (SSSR count). The number of amides is 1. The normalized spacial score (nSPS) is 12.6. The molecule has 2 atom stereocenters. The molecule has 0 aromatic heterocycles. The smallest absolute Gasteiger partial charge is 0.308 e. The van der Waals surface area contributed by atoms with Crippen LogP contribution in [0.4, 0.5) is 0 Å². The molecule has 0 aliphatic heterocycles. The molecule has 0 aliphatic rings. The Balaban J connectivity index is 5.22. The molecule has 7 heteroatoms. The highest BCUT2D eigenvalue weighted by Crippen LogP contribution is 2.22. The Labute approximate surface area is 304 Å². The molecule has 0 aromatic carbocycles. The molecule has 1 amide bonds. The summed E-state index contributed by atoms with van der Waals surface area (Å²) in [5, 5.41) is 0. The van der Waals surface area contributed by atoms with E-state index < -0.39 is 0 Å². The predicted octanol–water partition coefficient (Wildman–Crippen LogP) is 10.9. The molecule has 49 heavy (non-hydrogen) atoms. The van der Waals surface area contributed by atoms with Gasteiger partial charge in [0.05, 0.1) is 31.5 Å². The fourth-order valence-corrected chi connectivity index (χ4v) is 6.59. The molecule has 0 saturated carbocycles. The molecule has 290 valence electrons. The van der Waals surface area contributed by atoms with Crippen molar-refractivity contribution in [3.05, 3.63) is 0 Å². The molecular weight excluding hydrogens is 612 g/mol. The SMILES string of the molecule is CCCCCCCCC(CCCCCC)C(=O)OCCN(CCOC(=O)C(CCCCCC)CCCCCCCC)C(=O)CN(CC)CC. The average molecular weight is 695 g/mol. The van der Waals surface area contributed by atoms with E-state index in [1.54, 1.807) is 4.90 Å². The first-order valence-corrected chi connectivity index (χ1v) is 21.2. The van der Waals surface area contributed by atoms with E-state index >= 15 is 0 Å². The number of rotatable bonds is 36. The van der Waals surface area contributed by atoms with Crippen LogP contribution in [-0.4, -0.2) is 73.6 Å². The molecule has 0 bridgehead atoms. The van der Waals surface area contributed by atoms with Gasteiger partial charge in [0.25, 0.3) is 0 Å². The lowest BCUT2D eigenvalue weighted by Crippen LogP contribution is -2.43. The molecule has 0 aromatic rings. The molecule has 0 fully saturated rings. The highest BCUT2D eigenvalue weighted by Gasteiger charge is 2.23. The van der Waals surface area contributed by atoms with Crippen molar-refractivity contribution in [2.24, 2.45) is 11.8 Å². The summed E-state index contributed by atoms with van der Waals surface area (Å²) in [5.41, 5.74) is 0. The second kappa shape index (κ2) is 34.8. The van der Waals surface area contributed by atoms with E-state index in [0.29, 0.717) is 19.6 Å². The van der Waals surface area contributed by atoms with Gasteiger partial charge in [0.2, 0.25) is 5.91 Å². The fourth-order valence-electron chi connectivity index (χ4n) is 6.59. The topological polar surface area (TPSA) is 76.1 Å². The van der Waals surface area contributed by atoms with Gasteiger partial charge in [0, 0.05) is 0 Å². The molecule has 7 nitrogen and oxygen atoms in total. The predicted molar refractivity (Wildman–Crippen MR) is 207 cm³/mol. The van der Waals surface area contributed by atoms with E-state index in [4.69, 9.17) is 9.47 Å².